The molecule has 2 amide bonds. The van der Waals surface area contributed by atoms with Gasteiger partial charge in [-0.2, -0.15) is 0 Å². The maximum Gasteiger partial charge on any atom is 0.280 e. The number of carbonyl (C=O) groups excluding carboxylic acids is 2. The summed E-state index contributed by atoms with van der Waals surface area (Å²) in [4.78, 5) is 36.3. The number of carbonyl (C=O) groups is 2. The van der Waals surface area contributed by atoms with Gasteiger partial charge in [0.05, 0.1) is 18.9 Å². The van der Waals surface area contributed by atoms with Gasteiger partial charge in [0.25, 0.3) is 12.3 Å². The molecule has 3 aromatic heterocycles. The molecule has 0 radical (unpaired) electrons. The Bertz CT molecular complexity index is 1010. The molecule has 1 aliphatic rings. The van der Waals surface area contributed by atoms with Gasteiger partial charge in [-0.25, -0.2) is 23.7 Å². The maximum absolute atomic E-state index is 12.2. The Morgan fingerprint density at radius 1 is 1.26 bits per heavy atom. The SMILES string of the molecule is O=C(NCC(F)F)c1nc(-c2cn3cc(NC(=O)C4CC4)nc3cn2)cs1. The quantitative estimate of drug-likeness (QED) is 0.670. The summed E-state index contributed by atoms with van der Waals surface area (Å²) in [5.41, 5.74) is 1.49. The highest BCUT2D eigenvalue weighted by Gasteiger charge is 2.30. The van der Waals surface area contributed by atoms with Crippen molar-refractivity contribution in [3.05, 3.63) is 29.0 Å². The van der Waals surface area contributed by atoms with Gasteiger partial charge in [-0.05, 0) is 12.8 Å². The first-order chi connectivity index (χ1) is 13.0. The van der Waals surface area contributed by atoms with Crippen LogP contribution in [0.5, 0.6) is 0 Å². The van der Waals surface area contributed by atoms with Gasteiger partial charge in [-0.3, -0.25) is 9.59 Å². The van der Waals surface area contributed by atoms with Gasteiger partial charge < -0.3 is 15.0 Å². The van der Waals surface area contributed by atoms with E-state index in [-0.39, 0.29) is 16.8 Å². The normalized spacial score (nSPS) is 13.9. The van der Waals surface area contributed by atoms with Gasteiger partial charge in [0, 0.05) is 17.5 Å². The van der Waals surface area contributed by atoms with Crippen LogP contribution in [0.1, 0.15) is 22.6 Å². The third-order valence-corrected chi connectivity index (χ3v) is 4.76. The Balaban J connectivity index is 1.51. The highest BCUT2D eigenvalue weighted by atomic mass is 32.1. The van der Waals surface area contributed by atoms with Crippen LogP contribution in [0, 0.1) is 5.92 Å². The summed E-state index contributed by atoms with van der Waals surface area (Å²) in [7, 11) is 0. The molecule has 0 atom stereocenters. The van der Waals surface area contributed by atoms with Crippen molar-refractivity contribution in [3.8, 4) is 11.4 Å². The number of anilines is 1. The van der Waals surface area contributed by atoms with E-state index in [0.717, 1.165) is 24.2 Å². The average Bonchev–Trinajstić information content (AvgIpc) is 3.24. The molecule has 3 aromatic rings. The first-order valence-corrected chi connectivity index (χ1v) is 9.05. The zero-order chi connectivity index (χ0) is 19.0. The van der Waals surface area contributed by atoms with Crippen molar-refractivity contribution in [1.82, 2.24) is 24.7 Å². The third kappa shape index (κ3) is 3.92. The van der Waals surface area contributed by atoms with Crippen molar-refractivity contribution >= 4 is 34.6 Å². The monoisotopic (exact) mass is 392 g/mol. The largest absolute Gasteiger partial charge is 0.344 e. The second-order valence-corrected chi connectivity index (χ2v) is 6.92. The van der Waals surface area contributed by atoms with Crippen molar-refractivity contribution in [1.29, 1.82) is 0 Å². The van der Waals surface area contributed by atoms with E-state index >= 15 is 0 Å². The average molecular weight is 392 g/mol. The molecule has 0 aliphatic heterocycles. The van der Waals surface area contributed by atoms with E-state index in [4.69, 9.17) is 0 Å². The van der Waals surface area contributed by atoms with Crippen LogP contribution in [-0.2, 0) is 4.79 Å². The Kier molecular flexibility index (Phi) is 4.52. The number of hydrogen-bond acceptors (Lipinski definition) is 6. The van der Waals surface area contributed by atoms with Gasteiger partial charge in [-0.15, -0.1) is 11.3 Å². The molecule has 1 aliphatic carbocycles. The molecule has 27 heavy (non-hydrogen) atoms. The third-order valence-electron chi connectivity index (χ3n) is 3.92. The van der Waals surface area contributed by atoms with Gasteiger partial charge in [0.1, 0.15) is 11.4 Å². The fourth-order valence-electron chi connectivity index (χ4n) is 2.41. The molecule has 0 spiro atoms. The van der Waals surface area contributed by atoms with Crippen molar-refractivity contribution in [3.63, 3.8) is 0 Å². The van der Waals surface area contributed by atoms with Gasteiger partial charge >= 0.3 is 0 Å². The lowest BCUT2D eigenvalue weighted by molar-refractivity contribution is -0.117. The number of thiazole rings is 1. The van der Waals surface area contributed by atoms with Crippen LogP contribution in [0.15, 0.2) is 24.0 Å². The lowest BCUT2D eigenvalue weighted by Crippen LogP contribution is -2.28. The summed E-state index contributed by atoms with van der Waals surface area (Å²) in [6, 6.07) is 0. The summed E-state index contributed by atoms with van der Waals surface area (Å²) >= 11 is 1.04. The Morgan fingerprint density at radius 3 is 2.81 bits per heavy atom. The number of nitrogens with zero attached hydrogens (tertiary/aromatic N) is 4. The van der Waals surface area contributed by atoms with Gasteiger partial charge in [0.15, 0.2) is 16.5 Å². The summed E-state index contributed by atoms with van der Waals surface area (Å²) < 4.78 is 26.1. The molecule has 4 rings (SSSR count). The maximum atomic E-state index is 12.2. The Labute approximate surface area is 155 Å². The van der Waals surface area contributed by atoms with Gasteiger partial charge in [0.2, 0.25) is 5.91 Å². The molecule has 2 N–H and O–H groups in total. The molecule has 0 aromatic carbocycles. The minimum absolute atomic E-state index is 0.0365. The van der Waals surface area contributed by atoms with Crippen LogP contribution in [0.3, 0.4) is 0 Å². The van der Waals surface area contributed by atoms with Crippen LogP contribution in [0.25, 0.3) is 17.0 Å². The van der Waals surface area contributed by atoms with E-state index in [9.17, 15) is 18.4 Å². The number of halogens is 2. The number of aromatic nitrogens is 4. The first kappa shape index (κ1) is 17.5. The van der Waals surface area contributed by atoms with Crippen LogP contribution < -0.4 is 10.6 Å². The summed E-state index contributed by atoms with van der Waals surface area (Å²) in [6.45, 7) is -0.720. The topological polar surface area (TPSA) is 101 Å². The van der Waals surface area contributed by atoms with Crippen molar-refractivity contribution in [2.45, 2.75) is 19.3 Å². The van der Waals surface area contributed by atoms with E-state index in [1.807, 2.05) is 0 Å². The minimum atomic E-state index is -2.62. The lowest BCUT2D eigenvalue weighted by atomic mass is 10.3. The van der Waals surface area contributed by atoms with Crippen LogP contribution in [0.4, 0.5) is 14.6 Å². The molecule has 8 nitrogen and oxygen atoms in total. The molecule has 0 unspecified atom stereocenters. The lowest BCUT2D eigenvalue weighted by Gasteiger charge is -2.00. The molecule has 1 fully saturated rings. The van der Waals surface area contributed by atoms with Crippen LogP contribution in [-0.4, -0.2) is 44.1 Å². The van der Waals surface area contributed by atoms with E-state index in [1.165, 1.54) is 6.20 Å². The summed E-state index contributed by atoms with van der Waals surface area (Å²) in [5.74, 6) is -0.171. The summed E-state index contributed by atoms with van der Waals surface area (Å²) in [5, 5.41) is 6.58. The first-order valence-electron chi connectivity index (χ1n) is 8.17. The summed E-state index contributed by atoms with van der Waals surface area (Å²) in [6.07, 6.45) is 4.06. The number of alkyl halides is 2. The van der Waals surface area contributed by atoms with Gasteiger partial charge in [-0.1, -0.05) is 0 Å². The van der Waals surface area contributed by atoms with Crippen molar-refractivity contribution in [2.24, 2.45) is 5.92 Å². The number of nitrogens with one attached hydrogen (secondary N) is 2. The molecule has 3 heterocycles. The highest BCUT2D eigenvalue weighted by molar-refractivity contribution is 7.12. The van der Waals surface area contributed by atoms with Crippen LogP contribution >= 0.6 is 11.3 Å². The highest BCUT2D eigenvalue weighted by Crippen LogP contribution is 2.30. The molecular weight excluding hydrogens is 378 g/mol. The predicted octanol–water partition coefficient (Wildman–Crippen LogP) is 2.20. The van der Waals surface area contributed by atoms with E-state index < -0.39 is 18.9 Å². The van der Waals surface area contributed by atoms with E-state index in [2.05, 4.69) is 25.6 Å². The second kappa shape index (κ2) is 6.99. The zero-order valence-electron chi connectivity index (χ0n) is 13.9. The molecule has 140 valence electrons. The number of hydrogen-bond donors (Lipinski definition) is 2. The minimum Gasteiger partial charge on any atom is -0.344 e. The van der Waals surface area contributed by atoms with E-state index in [1.54, 1.807) is 22.2 Å². The van der Waals surface area contributed by atoms with E-state index in [0.29, 0.717) is 22.9 Å². The fraction of sp³-hybridized carbons (Fsp3) is 0.312. The molecule has 0 saturated heterocycles. The molecule has 11 heteroatoms. The Hall–Kier alpha value is -2.95. The zero-order valence-corrected chi connectivity index (χ0v) is 14.7. The number of amides is 2. The number of rotatable bonds is 6. The van der Waals surface area contributed by atoms with Crippen molar-refractivity contribution in [2.75, 3.05) is 11.9 Å². The molecule has 1 saturated carbocycles. The number of fused-ring (bicyclic) bond motifs is 1. The smallest absolute Gasteiger partial charge is 0.280 e. The standard InChI is InChI=1S/C16H14F2N6O2S/c17-11(18)3-20-15(26)16-21-10(7-27-16)9-5-24-6-12(22-13(24)4-19-9)23-14(25)8-1-2-8/h4-8,11H,1-3H2,(H,20,26)(H,23,25). The second-order valence-electron chi connectivity index (χ2n) is 6.07. The van der Waals surface area contributed by atoms with Crippen molar-refractivity contribution < 1.29 is 18.4 Å². The Morgan fingerprint density at radius 2 is 2.07 bits per heavy atom. The predicted molar refractivity (Wildman–Crippen MR) is 93.8 cm³/mol. The molecular formula is C16H14F2N6O2S. The molecule has 0 bridgehead atoms. The van der Waals surface area contributed by atoms with Crippen LogP contribution in [0.2, 0.25) is 0 Å². The number of imidazole rings is 1. The fourth-order valence-corrected chi connectivity index (χ4v) is 3.13.